The molecule has 1 unspecified atom stereocenters. The first-order valence-corrected chi connectivity index (χ1v) is 7.06. The Kier molecular flexibility index (Phi) is 4.84. The number of aryl methyl sites for hydroxylation is 1. The summed E-state index contributed by atoms with van der Waals surface area (Å²) >= 11 is 1.60. The standard InChI is InChI=1S/C14H17N3O2S/c1-9-16-13(8-20-9)10-4-3-5-11(6-10)17-14(18)12(15)7-19-2/h3-6,8,12H,7,15H2,1-2H3,(H,17,18). The first kappa shape index (κ1) is 14.6. The Hall–Kier alpha value is -1.76. The molecule has 1 amide bonds. The third-order valence-electron chi connectivity index (χ3n) is 2.73. The molecule has 0 radical (unpaired) electrons. The summed E-state index contributed by atoms with van der Waals surface area (Å²) in [7, 11) is 1.51. The zero-order valence-electron chi connectivity index (χ0n) is 11.4. The lowest BCUT2D eigenvalue weighted by molar-refractivity contribution is -0.118. The number of carbonyl (C=O) groups is 1. The summed E-state index contributed by atoms with van der Waals surface area (Å²) in [4.78, 5) is 16.3. The van der Waals surface area contributed by atoms with Crippen molar-refractivity contribution < 1.29 is 9.53 Å². The second kappa shape index (κ2) is 6.60. The number of nitrogens with zero attached hydrogens (tertiary/aromatic N) is 1. The summed E-state index contributed by atoms with van der Waals surface area (Å²) in [6.07, 6.45) is 0. The summed E-state index contributed by atoms with van der Waals surface area (Å²) in [5, 5.41) is 5.78. The molecule has 3 N–H and O–H groups in total. The Labute approximate surface area is 121 Å². The Morgan fingerprint density at radius 3 is 3.00 bits per heavy atom. The number of amides is 1. The lowest BCUT2D eigenvalue weighted by Crippen LogP contribution is -2.39. The lowest BCUT2D eigenvalue weighted by atomic mass is 10.1. The fourth-order valence-electron chi connectivity index (χ4n) is 1.74. The van der Waals surface area contributed by atoms with Crippen LogP contribution in [-0.4, -0.2) is 30.6 Å². The van der Waals surface area contributed by atoms with Crippen molar-refractivity contribution in [2.45, 2.75) is 13.0 Å². The van der Waals surface area contributed by atoms with Gasteiger partial charge in [0.05, 0.1) is 17.3 Å². The fraction of sp³-hybridized carbons (Fsp3) is 0.286. The van der Waals surface area contributed by atoms with Crippen LogP contribution in [0.4, 0.5) is 5.69 Å². The van der Waals surface area contributed by atoms with Crippen LogP contribution >= 0.6 is 11.3 Å². The summed E-state index contributed by atoms with van der Waals surface area (Å²) in [5.74, 6) is -0.265. The highest BCUT2D eigenvalue weighted by molar-refractivity contribution is 7.09. The molecule has 2 rings (SSSR count). The van der Waals surface area contributed by atoms with Crippen molar-refractivity contribution in [1.29, 1.82) is 0 Å². The van der Waals surface area contributed by atoms with E-state index >= 15 is 0 Å². The minimum atomic E-state index is -0.676. The second-order valence-electron chi connectivity index (χ2n) is 4.38. The first-order valence-electron chi connectivity index (χ1n) is 6.18. The van der Waals surface area contributed by atoms with Crippen LogP contribution in [0.3, 0.4) is 0 Å². The van der Waals surface area contributed by atoms with Crippen LogP contribution in [0.15, 0.2) is 29.6 Å². The number of anilines is 1. The number of methoxy groups -OCH3 is 1. The zero-order valence-corrected chi connectivity index (χ0v) is 12.2. The minimum Gasteiger partial charge on any atom is -0.383 e. The van der Waals surface area contributed by atoms with Gasteiger partial charge in [0.2, 0.25) is 5.91 Å². The van der Waals surface area contributed by atoms with E-state index in [1.54, 1.807) is 11.3 Å². The highest BCUT2D eigenvalue weighted by Crippen LogP contribution is 2.24. The molecular formula is C14H17N3O2S. The number of nitrogens with one attached hydrogen (secondary N) is 1. The van der Waals surface area contributed by atoms with Gasteiger partial charge < -0.3 is 15.8 Å². The molecule has 106 valence electrons. The number of hydrogen-bond acceptors (Lipinski definition) is 5. The molecule has 0 aliphatic heterocycles. The van der Waals surface area contributed by atoms with Crippen LogP contribution < -0.4 is 11.1 Å². The van der Waals surface area contributed by atoms with Crippen molar-refractivity contribution >= 4 is 22.9 Å². The normalized spacial score (nSPS) is 12.2. The fourth-order valence-corrected chi connectivity index (χ4v) is 2.36. The summed E-state index contributed by atoms with van der Waals surface area (Å²) in [5.41, 5.74) is 8.25. The molecule has 0 fully saturated rings. The van der Waals surface area contributed by atoms with Gasteiger partial charge in [0.25, 0.3) is 0 Å². The first-order chi connectivity index (χ1) is 9.60. The third kappa shape index (κ3) is 3.63. The smallest absolute Gasteiger partial charge is 0.243 e. The van der Waals surface area contributed by atoms with Gasteiger partial charge in [0, 0.05) is 23.7 Å². The molecule has 0 spiro atoms. The molecule has 1 aromatic carbocycles. The maximum Gasteiger partial charge on any atom is 0.243 e. The van der Waals surface area contributed by atoms with Crippen molar-refractivity contribution in [3.05, 3.63) is 34.7 Å². The molecule has 1 atom stereocenters. The van der Waals surface area contributed by atoms with Gasteiger partial charge >= 0.3 is 0 Å². The zero-order chi connectivity index (χ0) is 14.5. The van der Waals surface area contributed by atoms with Crippen LogP contribution in [0.2, 0.25) is 0 Å². The van der Waals surface area contributed by atoms with E-state index in [-0.39, 0.29) is 12.5 Å². The molecule has 0 aliphatic carbocycles. The number of benzene rings is 1. The molecule has 1 heterocycles. The number of rotatable bonds is 5. The van der Waals surface area contributed by atoms with Crippen LogP contribution in [0.5, 0.6) is 0 Å². The van der Waals surface area contributed by atoms with Crippen LogP contribution in [0.25, 0.3) is 11.3 Å². The van der Waals surface area contributed by atoms with Crippen LogP contribution in [0.1, 0.15) is 5.01 Å². The molecule has 1 aromatic heterocycles. The van der Waals surface area contributed by atoms with E-state index in [0.717, 1.165) is 16.3 Å². The SMILES string of the molecule is COCC(N)C(=O)Nc1cccc(-c2csc(C)n2)c1. The van der Waals surface area contributed by atoms with E-state index in [1.165, 1.54) is 7.11 Å². The molecule has 0 bridgehead atoms. The highest BCUT2D eigenvalue weighted by atomic mass is 32.1. The van der Waals surface area contributed by atoms with Gasteiger partial charge in [-0.05, 0) is 19.1 Å². The predicted molar refractivity (Wildman–Crippen MR) is 80.8 cm³/mol. The quantitative estimate of drug-likeness (QED) is 0.883. The predicted octanol–water partition coefficient (Wildman–Crippen LogP) is 2.03. The summed E-state index contributed by atoms with van der Waals surface area (Å²) in [6, 6.07) is 6.86. The topological polar surface area (TPSA) is 77.2 Å². The Bertz CT molecular complexity index is 598. The van der Waals surface area contributed by atoms with E-state index in [1.807, 2.05) is 36.6 Å². The van der Waals surface area contributed by atoms with Gasteiger partial charge in [-0.2, -0.15) is 0 Å². The van der Waals surface area contributed by atoms with Gasteiger partial charge in [0.15, 0.2) is 0 Å². The highest BCUT2D eigenvalue weighted by Gasteiger charge is 2.13. The van der Waals surface area contributed by atoms with Crippen molar-refractivity contribution in [3.8, 4) is 11.3 Å². The largest absolute Gasteiger partial charge is 0.383 e. The average Bonchev–Trinajstić information content (AvgIpc) is 2.86. The lowest BCUT2D eigenvalue weighted by Gasteiger charge is -2.11. The third-order valence-corrected chi connectivity index (χ3v) is 3.50. The van der Waals surface area contributed by atoms with Crippen LogP contribution in [-0.2, 0) is 9.53 Å². The van der Waals surface area contributed by atoms with Crippen molar-refractivity contribution in [2.24, 2.45) is 5.73 Å². The molecule has 20 heavy (non-hydrogen) atoms. The molecule has 2 aromatic rings. The number of aromatic nitrogens is 1. The Balaban J connectivity index is 2.12. The van der Waals surface area contributed by atoms with Gasteiger partial charge in [-0.15, -0.1) is 11.3 Å². The average molecular weight is 291 g/mol. The van der Waals surface area contributed by atoms with Crippen molar-refractivity contribution in [2.75, 3.05) is 19.0 Å². The molecule has 6 heteroatoms. The van der Waals surface area contributed by atoms with Crippen LogP contribution in [0, 0.1) is 6.92 Å². The molecule has 0 saturated carbocycles. The van der Waals surface area contributed by atoms with Gasteiger partial charge in [0.1, 0.15) is 6.04 Å². The second-order valence-corrected chi connectivity index (χ2v) is 5.45. The van der Waals surface area contributed by atoms with Gasteiger partial charge in [-0.25, -0.2) is 4.98 Å². The number of ether oxygens (including phenoxy) is 1. The Morgan fingerprint density at radius 2 is 2.35 bits per heavy atom. The van der Waals surface area contributed by atoms with E-state index in [2.05, 4.69) is 10.3 Å². The van der Waals surface area contributed by atoms with E-state index in [4.69, 9.17) is 10.5 Å². The monoisotopic (exact) mass is 291 g/mol. The summed E-state index contributed by atoms with van der Waals surface area (Å²) < 4.78 is 4.86. The number of hydrogen-bond donors (Lipinski definition) is 2. The minimum absolute atomic E-state index is 0.191. The van der Waals surface area contributed by atoms with Crippen molar-refractivity contribution in [1.82, 2.24) is 4.98 Å². The molecule has 5 nitrogen and oxygen atoms in total. The maximum absolute atomic E-state index is 11.8. The van der Waals surface area contributed by atoms with Gasteiger partial charge in [-0.1, -0.05) is 12.1 Å². The van der Waals surface area contributed by atoms with E-state index < -0.39 is 6.04 Å². The van der Waals surface area contributed by atoms with Crippen molar-refractivity contribution in [3.63, 3.8) is 0 Å². The number of carbonyl (C=O) groups excluding carboxylic acids is 1. The van der Waals surface area contributed by atoms with E-state index in [9.17, 15) is 4.79 Å². The molecule has 0 saturated heterocycles. The molecular weight excluding hydrogens is 274 g/mol. The number of nitrogens with two attached hydrogens (primary N) is 1. The molecule has 0 aliphatic rings. The van der Waals surface area contributed by atoms with Gasteiger partial charge in [-0.3, -0.25) is 4.79 Å². The number of thiazole rings is 1. The van der Waals surface area contributed by atoms with E-state index in [0.29, 0.717) is 5.69 Å². The summed E-state index contributed by atoms with van der Waals surface area (Å²) in [6.45, 7) is 2.15. The Morgan fingerprint density at radius 1 is 1.55 bits per heavy atom. The maximum atomic E-state index is 11.8.